The molecule has 0 bridgehead atoms. The third kappa shape index (κ3) is 6.08. The second-order valence-electron chi connectivity index (χ2n) is 5.76. The van der Waals surface area contributed by atoms with Crippen molar-refractivity contribution in [1.82, 2.24) is 4.90 Å². The molecule has 1 amide bonds. The molecule has 2 N–H and O–H groups in total. The SMILES string of the molecule is CC(C)(C)OC(=O)N1CCO[C@H](CN=C/C(=C\N)[N+](=O)[O-])C1. The van der Waals surface area contributed by atoms with Gasteiger partial charge in [0.1, 0.15) is 11.8 Å². The molecule has 1 rings (SSSR count). The van der Waals surface area contributed by atoms with Crippen LogP contribution in [0.4, 0.5) is 4.79 Å². The van der Waals surface area contributed by atoms with Crippen molar-refractivity contribution in [3.63, 3.8) is 0 Å². The Morgan fingerprint density at radius 1 is 1.59 bits per heavy atom. The number of nitrogens with zero attached hydrogens (tertiary/aromatic N) is 3. The minimum absolute atomic E-state index is 0.199. The highest BCUT2D eigenvalue weighted by molar-refractivity contribution is 5.75. The molecule has 0 aliphatic carbocycles. The summed E-state index contributed by atoms with van der Waals surface area (Å²) in [6, 6.07) is 0. The number of carbonyl (C=O) groups is 1. The van der Waals surface area contributed by atoms with Crippen LogP contribution in [0.15, 0.2) is 16.9 Å². The van der Waals surface area contributed by atoms with E-state index in [1.54, 1.807) is 25.7 Å². The summed E-state index contributed by atoms with van der Waals surface area (Å²) in [6.45, 7) is 6.73. The molecule has 1 fully saturated rings. The van der Waals surface area contributed by atoms with E-state index in [1.807, 2.05) is 0 Å². The maximum atomic E-state index is 12.0. The van der Waals surface area contributed by atoms with Gasteiger partial charge in [-0.05, 0) is 20.8 Å². The predicted molar refractivity (Wildman–Crippen MR) is 80.2 cm³/mol. The van der Waals surface area contributed by atoms with Crippen molar-refractivity contribution in [3.8, 4) is 0 Å². The minimum atomic E-state index is -0.627. The molecule has 1 saturated heterocycles. The smallest absolute Gasteiger partial charge is 0.410 e. The molecular weight excluding hydrogens is 292 g/mol. The molecule has 0 saturated carbocycles. The fourth-order valence-corrected chi connectivity index (χ4v) is 1.74. The van der Waals surface area contributed by atoms with E-state index in [4.69, 9.17) is 15.2 Å². The number of morpholine rings is 1. The molecule has 0 spiro atoms. The molecule has 124 valence electrons. The Kier molecular flexibility index (Phi) is 6.29. The summed E-state index contributed by atoms with van der Waals surface area (Å²) in [5.41, 5.74) is 4.27. The normalized spacial score (nSPS) is 20.2. The van der Waals surface area contributed by atoms with E-state index < -0.39 is 16.6 Å². The topological polar surface area (TPSA) is 120 Å². The number of allylic oxidation sites excluding steroid dienone is 1. The van der Waals surface area contributed by atoms with Crippen LogP contribution in [-0.2, 0) is 9.47 Å². The van der Waals surface area contributed by atoms with Crippen molar-refractivity contribution in [1.29, 1.82) is 0 Å². The number of nitrogens with two attached hydrogens (primary N) is 1. The average Bonchev–Trinajstić information content (AvgIpc) is 2.41. The van der Waals surface area contributed by atoms with E-state index in [2.05, 4.69) is 4.99 Å². The monoisotopic (exact) mass is 314 g/mol. The summed E-state index contributed by atoms with van der Waals surface area (Å²) in [6.07, 6.45) is 1.22. The first-order chi connectivity index (χ1) is 10.2. The number of hydrogen-bond donors (Lipinski definition) is 1. The maximum absolute atomic E-state index is 12.0. The second kappa shape index (κ2) is 7.74. The largest absolute Gasteiger partial charge is 0.444 e. The molecule has 0 aromatic heterocycles. The van der Waals surface area contributed by atoms with Gasteiger partial charge in [-0.1, -0.05) is 0 Å². The van der Waals surface area contributed by atoms with E-state index in [0.29, 0.717) is 19.7 Å². The number of ether oxygens (including phenoxy) is 2. The summed E-state index contributed by atoms with van der Waals surface area (Å²) < 4.78 is 10.8. The highest BCUT2D eigenvalue weighted by Gasteiger charge is 2.27. The predicted octanol–water partition coefficient (Wildman–Crippen LogP) is 0.770. The molecule has 1 atom stereocenters. The van der Waals surface area contributed by atoms with Crippen molar-refractivity contribution in [2.45, 2.75) is 32.5 Å². The van der Waals surface area contributed by atoms with E-state index in [-0.39, 0.29) is 18.3 Å². The molecule has 1 aliphatic heterocycles. The van der Waals surface area contributed by atoms with Gasteiger partial charge in [0.15, 0.2) is 0 Å². The zero-order valence-corrected chi connectivity index (χ0v) is 13.0. The molecular formula is C13H22N4O5. The molecule has 1 heterocycles. The Morgan fingerprint density at radius 3 is 2.82 bits per heavy atom. The summed E-state index contributed by atoms with van der Waals surface area (Å²) >= 11 is 0. The molecule has 9 heteroatoms. The van der Waals surface area contributed by atoms with Crippen LogP contribution in [0.3, 0.4) is 0 Å². The minimum Gasteiger partial charge on any atom is -0.444 e. The number of rotatable bonds is 4. The lowest BCUT2D eigenvalue weighted by molar-refractivity contribution is -0.414. The van der Waals surface area contributed by atoms with E-state index in [1.165, 1.54) is 0 Å². The summed E-state index contributed by atoms with van der Waals surface area (Å²) in [4.78, 5) is 27.4. The lowest BCUT2D eigenvalue weighted by Gasteiger charge is -2.33. The fraction of sp³-hybridized carbons (Fsp3) is 0.692. The van der Waals surface area contributed by atoms with Gasteiger partial charge in [-0.3, -0.25) is 15.1 Å². The molecule has 9 nitrogen and oxygen atoms in total. The highest BCUT2D eigenvalue weighted by Crippen LogP contribution is 2.13. The number of aliphatic imine (C=N–C) groups is 1. The Labute approximate surface area is 128 Å². The Morgan fingerprint density at radius 2 is 2.27 bits per heavy atom. The first-order valence-electron chi connectivity index (χ1n) is 6.88. The summed E-state index contributed by atoms with van der Waals surface area (Å²) in [7, 11) is 0. The third-order valence-electron chi connectivity index (χ3n) is 2.70. The van der Waals surface area contributed by atoms with E-state index in [0.717, 1.165) is 12.4 Å². The van der Waals surface area contributed by atoms with Crippen LogP contribution in [-0.4, -0.2) is 60.1 Å². The van der Waals surface area contributed by atoms with Gasteiger partial charge in [-0.2, -0.15) is 0 Å². The van der Waals surface area contributed by atoms with Gasteiger partial charge in [0.25, 0.3) is 0 Å². The fourth-order valence-electron chi connectivity index (χ4n) is 1.74. The van der Waals surface area contributed by atoms with Crippen molar-refractivity contribution < 1.29 is 19.2 Å². The van der Waals surface area contributed by atoms with Gasteiger partial charge in [-0.25, -0.2) is 4.79 Å². The lowest BCUT2D eigenvalue weighted by Crippen LogP contribution is -2.48. The van der Waals surface area contributed by atoms with Crippen molar-refractivity contribution in [2.24, 2.45) is 10.7 Å². The van der Waals surface area contributed by atoms with Crippen LogP contribution in [0.25, 0.3) is 0 Å². The van der Waals surface area contributed by atoms with E-state index >= 15 is 0 Å². The molecule has 0 unspecified atom stereocenters. The number of hydrogen-bond acceptors (Lipinski definition) is 7. The molecule has 0 aromatic rings. The zero-order chi connectivity index (χ0) is 16.8. The van der Waals surface area contributed by atoms with Crippen LogP contribution < -0.4 is 5.73 Å². The van der Waals surface area contributed by atoms with Crippen LogP contribution >= 0.6 is 0 Å². The standard InChI is InChI=1S/C13H22N4O5/c1-13(2,3)22-12(18)16-4-5-21-11(9-16)8-15-7-10(6-14)17(19)20/h6-7,11H,4-5,8-9,14H2,1-3H3/b10-6+,15-7?/t11-/m1/s1. The van der Waals surface area contributed by atoms with Crippen LogP contribution in [0, 0.1) is 10.1 Å². The Hall–Kier alpha value is -2.16. The van der Waals surface area contributed by atoms with Crippen LogP contribution in [0.5, 0.6) is 0 Å². The average molecular weight is 314 g/mol. The number of nitro groups is 1. The molecule has 22 heavy (non-hydrogen) atoms. The van der Waals surface area contributed by atoms with Crippen molar-refractivity contribution in [3.05, 3.63) is 22.0 Å². The van der Waals surface area contributed by atoms with Crippen molar-refractivity contribution in [2.75, 3.05) is 26.2 Å². The van der Waals surface area contributed by atoms with Gasteiger partial charge in [0, 0.05) is 6.54 Å². The molecule has 0 radical (unpaired) electrons. The molecule has 1 aliphatic rings. The maximum Gasteiger partial charge on any atom is 0.410 e. The first-order valence-corrected chi connectivity index (χ1v) is 6.88. The highest BCUT2D eigenvalue weighted by atomic mass is 16.6. The van der Waals surface area contributed by atoms with Gasteiger partial charge in [-0.15, -0.1) is 0 Å². The Bertz CT molecular complexity index is 470. The first kappa shape index (κ1) is 17.9. The van der Waals surface area contributed by atoms with Gasteiger partial charge < -0.3 is 20.1 Å². The summed E-state index contributed by atoms with van der Waals surface area (Å²) in [5, 5.41) is 10.6. The van der Waals surface area contributed by atoms with Gasteiger partial charge in [0.2, 0.25) is 0 Å². The van der Waals surface area contributed by atoms with E-state index in [9.17, 15) is 14.9 Å². The van der Waals surface area contributed by atoms with Gasteiger partial charge in [0.05, 0.1) is 36.9 Å². The lowest BCUT2D eigenvalue weighted by atomic mass is 10.2. The third-order valence-corrected chi connectivity index (χ3v) is 2.70. The summed E-state index contributed by atoms with van der Waals surface area (Å²) in [5.74, 6) is 0. The Balaban J connectivity index is 2.52. The van der Waals surface area contributed by atoms with Gasteiger partial charge >= 0.3 is 11.8 Å². The van der Waals surface area contributed by atoms with Crippen LogP contribution in [0.2, 0.25) is 0 Å². The number of carbonyl (C=O) groups excluding carboxylic acids is 1. The zero-order valence-electron chi connectivity index (χ0n) is 13.0. The van der Waals surface area contributed by atoms with Crippen molar-refractivity contribution >= 4 is 12.3 Å². The molecule has 0 aromatic carbocycles. The van der Waals surface area contributed by atoms with Crippen LogP contribution in [0.1, 0.15) is 20.8 Å². The number of amides is 1. The second-order valence-corrected chi connectivity index (χ2v) is 5.76. The quantitative estimate of drug-likeness (QED) is 0.465.